The number of carboxylic acids is 1. The number of carbonyl (C=O) groups is 1. The fraction of sp³-hybridized carbons (Fsp3) is 0.304. The van der Waals surface area contributed by atoms with Crippen LogP contribution in [0.25, 0.3) is 0 Å². The van der Waals surface area contributed by atoms with Gasteiger partial charge in [0.05, 0.1) is 6.54 Å². The van der Waals surface area contributed by atoms with Crippen LogP contribution < -0.4 is 9.64 Å². The smallest absolute Gasteiger partial charge is 0.330 e. The Hall–Kier alpha value is -3.28. The van der Waals surface area contributed by atoms with Gasteiger partial charge in [-0.1, -0.05) is 25.1 Å². The van der Waals surface area contributed by atoms with Crippen LogP contribution in [0.2, 0.25) is 0 Å². The Kier molecular flexibility index (Phi) is 6.54. The highest BCUT2D eigenvalue weighted by molar-refractivity contribution is 5.77. The molecular weight excluding hydrogens is 366 g/mol. The maximum Gasteiger partial charge on any atom is 0.330 e. The van der Waals surface area contributed by atoms with E-state index in [1.807, 2.05) is 85.9 Å². The third-order valence-corrected chi connectivity index (χ3v) is 5.24. The van der Waals surface area contributed by atoms with Gasteiger partial charge in [-0.05, 0) is 48.4 Å². The minimum absolute atomic E-state index is 0.413. The second-order valence-corrected chi connectivity index (χ2v) is 7.06. The van der Waals surface area contributed by atoms with Crippen molar-refractivity contribution < 1.29 is 14.6 Å². The Balaban J connectivity index is 1.60. The molecule has 0 aliphatic rings. The fourth-order valence-electron chi connectivity index (χ4n) is 3.39. The van der Waals surface area contributed by atoms with Gasteiger partial charge >= 0.3 is 5.97 Å². The van der Waals surface area contributed by atoms with E-state index in [0.29, 0.717) is 26.0 Å². The standard InChI is InChI=1S/C23H27N3O3/c1-3-23(22(27)28,26-14-6-7-15-26)18-19-9-11-20(12-10-19)29-17-16-25(2)21-8-4-5-13-24-21/h4-15H,3,16-18H2,1-2H3,(H,27,28)/t23-/m0/s1. The summed E-state index contributed by atoms with van der Waals surface area (Å²) in [6.45, 7) is 3.15. The average molecular weight is 393 g/mol. The number of hydrogen-bond donors (Lipinski definition) is 1. The maximum absolute atomic E-state index is 12.1. The molecule has 1 N–H and O–H groups in total. The first kappa shape index (κ1) is 20.5. The molecule has 3 aromatic rings. The van der Waals surface area contributed by atoms with Gasteiger partial charge in [-0.2, -0.15) is 0 Å². The van der Waals surface area contributed by atoms with Gasteiger partial charge in [-0.25, -0.2) is 9.78 Å². The van der Waals surface area contributed by atoms with E-state index < -0.39 is 11.5 Å². The molecule has 0 amide bonds. The van der Waals surface area contributed by atoms with Crippen molar-refractivity contribution in [3.63, 3.8) is 0 Å². The van der Waals surface area contributed by atoms with Crippen LogP contribution >= 0.6 is 0 Å². The van der Waals surface area contributed by atoms with E-state index in [9.17, 15) is 9.90 Å². The van der Waals surface area contributed by atoms with Crippen LogP contribution in [0.15, 0.2) is 73.2 Å². The molecule has 152 valence electrons. The maximum atomic E-state index is 12.1. The lowest BCUT2D eigenvalue weighted by molar-refractivity contribution is -0.147. The SMILES string of the molecule is CC[C@](Cc1ccc(OCCN(C)c2ccccn2)cc1)(C(=O)O)n1cccc1. The summed E-state index contributed by atoms with van der Waals surface area (Å²) in [5.74, 6) is 0.844. The summed E-state index contributed by atoms with van der Waals surface area (Å²) in [6.07, 6.45) is 6.30. The zero-order chi connectivity index (χ0) is 20.7. The highest BCUT2D eigenvalue weighted by atomic mass is 16.5. The number of rotatable bonds is 10. The summed E-state index contributed by atoms with van der Waals surface area (Å²) in [7, 11) is 1.98. The van der Waals surface area contributed by atoms with Crippen LogP contribution in [0.4, 0.5) is 5.82 Å². The van der Waals surface area contributed by atoms with Crippen molar-refractivity contribution in [1.82, 2.24) is 9.55 Å². The van der Waals surface area contributed by atoms with E-state index in [1.165, 1.54) is 0 Å². The quantitative estimate of drug-likeness (QED) is 0.567. The second-order valence-electron chi connectivity index (χ2n) is 7.06. The number of likely N-dealkylation sites (N-methyl/N-ethyl adjacent to an activating group) is 1. The zero-order valence-corrected chi connectivity index (χ0v) is 16.9. The highest BCUT2D eigenvalue weighted by Gasteiger charge is 2.38. The average Bonchev–Trinajstić information content (AvgIpc) is 3.29. The predicted octanol–water partition coefficient (Wildman–Crippen LogP) is 3.83. The molecule has 0 unspecified atom stereocenters. The molecule has 0 saturated heterocycles. The Bertz CT molecular complexity index is 895. The Morgan fingerprint density at radius 1 is 1.14 bits per heavy atom. The minimum atomic E-state index is -0.989. The van der Waals surface area contributed by atoms with Gasteiger partial charge in [-0.3, -0.25) is 0 Å². The fourth-order valence-corrected chi connectivity index (χ4v) is 3.39. The van der Waals surface area contributed by atoms with E-state index in [-0.39, 0.29) is 0 Å². The zero-order valence-electron chi connectivity index (χ0n) is 16.9. The van der Waals surface area contributed by atoms with E-state index >= 15 is 0 Å². The summed E-state index contributed by atoms with van der Waals surface area (Å²) < 4.78 is 7.62. The first-order chi connectivity index (χ1) is 14.0. The molecule has 1 aromatic carbocycles. The summed E-state index contributed by atoms with van der Waals surface area (Å²) in [5.41, 5.74) is -0.0296. The number of hydrogen-bond acceptors (Lipinski definition) is 4. The third kappa shape index (κ3) is 4.77. The predicted molar refractivity (Wildman–Crippen MR) is 113 cm³/mol. The molecule has 0 bridgehead atoms. The number of benzene rings is 1. The van der Waals surface area contributed by atoms with E-state index in [1.54, 1.807) is 10.8 Å². The third-order valence-electron chi connectivity index (χ3n) is 5.24. The molecule has 0 aliphatic carbocycles. The van der Waals surface area contributed by atoms with E-state index in [2.05, 4.69) is 4.98 Å². The monoisotopic (exact) mass is 393 g/mol. The molecular formula is C23H27N3O3. The number of ether oxygens (including phenoxy) is 1. The molecule has 6 nitrogen and oxygen atoms in total. The van der Waals surface area contributed by atoms with Gasteiger partial charge in [0.1, 0.15) is 23.7 Å². The number of pyridine rings is 1. The van der Waals surface area contributed by atoms with Gasteiger partial charge in [0.2, 0.25) is 0 Å². The van der Waals surface area contributed by atoms with Crippen LogP contribution in [0.1, 0.15) is 18.9 Å². The Morgan fingerprint density at radius 3 is 2.45 bits per heavy atom. The van der Waals surface area contributed by atoms with Crippen molar-refractivity contribution in [2.45, 2.75) is 25.3 Å². The summed E-state index contributed by atoms with van der Waals surface area (Å²) in [4.78, 5) is 18.4. The Morgan fingerprint density at radius 2 is 1.86 bits per heavy atom. The Labute approximate surface area is 171 Å². The van der Waals surface area contributed by atoms with Crippen LogP contribution in [0, 0.1) is 0 Å². The van der Waals surface area contributed by atoms with Crippen molar-refractivity contribution in [2.24, 2.45) is 0 Å². The number of aromatic nitrogens is 2. The van der Waals surface area contributed by atoms with Gasteiger partial charge in [0.25, 0.3) is 0 Å². The second kappa shape index (κ2) is 9.28. The molecule has 2 heterocycles. The molecule has 0 saturated carbocycles. The van der Waals surface area contributed by atoms with Crippen LogP contribution in [0.3, 0.4) is 0 Å². The summed E-state index contributed by atoms with van der Waals surface area (Å²) >= 11 is 0. The molecule has 6 heteroatoms. The molecule has 29 heavy (non-hydrogen) atoms. The highest BCUT2D eigenvalue weighted by Crippen LogP contribution is 2.28. The topological polar surface area (TPSA) is 67.6 Å². The molecule has 0 radical (unpaired) electrons. The van der Waals surface area contributed by atoms with Crippen LogP contribution in [-0.4, -0.2) is 40.8 Å². The van der Waals surface area contributed by atoms with Crippen molar-refractivity contribution in [1.29, 1.82) is 0 Å². The van der Waals surface area contributed by atoms with Gasteiger partial charge in [0, 0.05) is 32.1 Å². The van der Waals surface area contributed by atoms with E-state index in [0.717, 1.165) is 17.1 Å². The molecule has 0 aliphatic heterocycles. The molecule has 0 spiro atoms. The number of anilines is 1. The normalized spacial score (nSPS) is 12.9. The van der Waals surface area contributed by atoms with Crippen LogP contribution in [0.5, 0.6) is 5.75 Å². The van der Waals surface area contributed by atoms with Crippen LogP contribution in [-0.2, 0) is 16.8 Å². The summed E-state index contributed by atoms with van der Waals surface area (Å²) in [5, 5.41) is 9.92. The number of carboxylic acid groups (broad SMARTS) is 1. The van der Waals surface area contributed by atoms with Crippen molar-refractivity contribution in [2.75, 3.05) is 25.1 Å². The minimum Gasteiger partial charge on any atom is -0.492 e. The molecule has 0 fully saturated rings. The van der Waals surface area contributed by atoms with Crippen molar-refractivity contribution in [3.05, 3.63) is 78.8 Å². The lowest BCUT2D eigenvalue weighted by atomic mass is 9.88. The van der Waals surface area contributed by atoms with Crippen molar-refractivity contribution in [3.8, 4) is 5.75 Å². The van der Waals surface area contributed by atoms with Gasteiger partial charge < -0.3 is 19.3 Å². The lowest BCUT2D eigenvalue weighted by Gasteiger charge is -2.30. The van der Waals surface area contributed by atoms with Gasteiger partial charge in [-0.15, -0.1) is 0 Å². The lowest BCUT2D eigenvalue weighted by Crippen LogP contribution is -2.42. The van der Waals surface area contributed by atoms with Gasteiger partial charge in [0.15, 0.2) is 0 Å². The van der Waals surface area contributed by atoms with Crippen molar-refractivity contribution >= 4 is 11.8 Å². The van der Waals surface area contributed by atoms with E-state index in [4.69, 9.17) is 4.74 Å². The molecule has 1 atom stereocenters. The number of aliphatic carboxylic acids is 1. The largest absolute Gasteiger partial charge is 0.492 e. The molecule has 3 rings (SSSR count). The number of nitrogens with zero attached hydrogens (tertiary/aromatic N) is 3. The molecule has 2 aromatic heterocycles. The first-order valence-corrected chi connectivity index (χ1v) is 9.76. The summed E-state index contributed by atoms with van der Waals surface area (Å²) in [6, 6.07) is 17.2. The first-order valence-electron chi connectivity index (χ1n) is 9.76.